The third kappa shape index (κ3) is 15.5. The van der Waals surface area contributed by atoms with Gasteiger partial charge in [0.25, 0.3) is 0 Å². The molecule has 0 radical (unpaired) electrons. The molecule has 0 bridgehead atoms. The lowest BCUT2D eigenvalue weighted by molar-refractivity contribution is 0.415. The van der Waals surface area contributed by atoms with Crippen LogP contribution in [-0.4, -0.2) is 20.7 Å². The lowest BCUT2D eigenvalue weighted by Gasteiger charge is -1.97. The maximum atomic E-state index is 5.37. The number of anilines is 1. The lowest BCUT2D eigenvalue weighted by atomic mass is 10.1. The third-order valence-electron chi connectivity index (χ3n) is 3.85. The van der Waals surface area contributed by atoms with Gasteiger partial charge in [-0.2, -0.15) is 0 Å². The van der Waals surface area contributed by atoms with Crippen molar-refractivity contribution in [2.75, 3.05) is 26.0 Å². The molecule has 2 aromatic rings. The molecule has 2 rings (SSSR count). The normalized spacial score (nSPS) is 9.23. The summed E-state index contributed by atoms with van der Waals surface area (Å²) < 4.78 is 4.91. The molecule has 0 saturated carbocycles. The minimum Gasteiger partial charge on any atom is -0.497 e. The van der Waals surface area contributed by atoms with E-state index in [2.05, 4.69) is 12.2 Å². The van der Waals surface area contributed by atoms with Crippen LogP contribution >= 0.6 is 0 Å². The predicted molar refractivity (Wildman–Crippen MR) is 116 cm³/mol. The number of nitrogens with one attached hydrogen (secondary N) is 1. The highest BCUT2D eigenvalue weighted by Gasteiger charge is 1.87. The second kappa shape index (κ2) is 19.3. The SMILES string of the molecule is CCCCCCCCCN.CNc1ccccc1.COc1ccccc1. The molecule has 2 aromatic carbocycles. The van der Waals surface area contributed by atoms with Gasteiger partial charge in [0.1, 0.15) is 5.75 Å². The monoisotopic (exact) mass is 358 g/mol. The van der Waals surface area contributed by atoms with Crippen molar-refractivity contribution in [3.05, 3.63) is 60.7 Å². The summed E-state index contributed by atoms with van der Waals surface area (Å²) in [6.07, 6.45) is 9.51. The lowest BCUT2D eigenvalue weighted by Crippen LogP contribution is -1.97. The predicted octanol–water partition coefficient (Wildman–Crippen LogP) is 6.12. The number of unbranched alkanes of at least 4 members (excludes halogenated alkanes) is 6. The molecule has 0 aliphatic rings. The van der Waals surface area contributed by atoms with E-state index in [1.54, 1.807) is 7.11 Å². The summed E-state index contributed by atoms with van der Waals surface area (Å²) in [6, 6.07) is 19.7. The Kier molecular flexibility index (Phi) is 17.8. The molecule has 0 saturated heterocycles. The Balaban J connectivity index is 0.000000363. The molecule has 0 spiro atoms. The molecule has 0 heterocycles. The van der Waals surface area contributed by atoms with Crippen molar-refractivity contribution >= 4 is 5.69 Å². The van der Waals surface area contributed by atoms with Crippen LogP contribution in [0.1, 0.15) is 51.9 Å². The van der Waals surface area contributed by atoms with Crippen molar-refractivity contribution in [2.45, 2.75) is 51.9 Å². The minimum absolute atomic E-state index is 0.869. The molecular formula is C23H38N2O. The first-order valence-electron chi connectivity index (χ1n) is 9.80. The number of hydrogen-bond donors (Lipinski definition) is 2. The van der Waals surface area contributed by atoms with Crippen LogP contribution in [-0.2, 0) is 0 Å². The van der Waals surface area contributed by atoms with Crippen molar-refractivity contribution in [3.8, 4) is 5.75 Å². The molecule has 0 fully saturated rings. The van der Waals surface area contributed by atoms with Crippen molar-refractivity contribution < 1.29 is 4.74 Å². The molecule has 0 aromatic heterocycles. The summed E-state index contributed by atoms with van der Waals surface area (Å²) in [4.78, 5) is 0. The fraction of sp³-hybridized carbons (Fsp3) is 0.478. The summed E-state index contributed by atoms with van der Waals surface area (Å²) in [5.74, 6) is 0.910. The Morgan fingerprint density at radius 1 is 0.769 bits per heavy atom. The quantitative estimate of drug-likeness (QED) is 0.531. The highest BCUT2D eigenvalue weighted by Crippen LogP contribution is 2.06. The zero-order chi connectivity index (χ0) is 19.3. The molecule has 0 aliphatic carbocycles. The summed E-state index contributed by atoms with van der Waals surface area (Å²) >= 11 is 0. The molecule has 0 aliphatic heterocycles. The van der Waals surface area contributed by atoms with Crippen LogP contribution in [0.4, 0.5) is 5.69 Å². The van der Waals surface area contributed by atoms with Gasteiger partial charge in [0, 0.05) is 12.7 Å². The summed E-state index contributed by atoms with van der Waals surface area (Å²) in [6.45, 7) is 3.12. The molecule has 0 unspecified atom stereocenters. The van der Waals surface area contributed by atoms with Crippen LogP contribution in [0.5, 0.6) is 5.75 Å². The van der Waals surface area contributed by atoms with E-state index in [1.807, 2.05) is 67.7 Å². The molecule has 3 N–H and O–H groups in total. The van der Waals surface area contributed by atoms with E-state index in [-0.39, 0.29) is 0 Å². The van der Waals surface area contributed by atoms with E-state index in [0.717, 1.165) is 18.0 Å². The zero-order valence-corrected chi connectivity index (χ0v) is 16.9. The largest absolute Gasteiger partial charge is 0.497 e. The van der Waals surface area contributed by atoms with Crippen LogP contribution in [0.2, 0.25) is 0 Å². The van der Waals surface area contributed by atoms with Crippen molar-refractivity contribution in [3.63, 3.8) is 0 Å². The average Bonchev–Trinajstić information content (AvgIpc) is 2.73. The van der Waals surface area contributed by atoms with E-state index in [9.17, 15) is 0 Å². The van der Waals surface area contributed by atoms with Crippen molar-refractivity contribution in [1.82, 2.24) is 0 Å². The molecule has 3 heteroatoms. The average molecular weight is 359 g/mol. The summed E-state index contributed by atoms with van der Waals surface area (Å²) in [7, 11) is 3.57. The molecule has 26 heavy (non-hydrogen) atoms. The Morgan fingerprint density at radius 3 is 1.65 bits per heavy atom. The summed E-state index contributed by atoms with van der Waals surface area (Å²) in [5.41, 5.74) is 6.53. The Bertz CT molecular complexity index is 441. The van der Waals surface area contributed by atoms with Crippen LogP contribution < -0.4 is 15.8 Å². The maximum absolute atomic E-state index is 5.37. The van der Waals surface area contributed by atoms with Crippen LogP contribution in [0.3, 0.4) is 0 Å². The smallest absolute Gasteiger partial charge is 0.118 e. The van der Waals surface area contributed by atoms with Crippen LogP contribution in [0.25, 0.3) is 0 Å². The number of para-hydroxylation sites is 2. The first-order valence-corrected chi connectivity index (χ1v) is 9.80. The van der Waals surface area contributed by atoms with E-state index >= 15 is 0 Å². The van der Waals surface area contributed by atoms with Gasteiger partial charge in [-0.3, -0.25) is 0 Å². The highest BCUT2D eigenvalue weighted by atomic mass is 16.5. The second-order valence-corrected chi connectivity index (χ2v) is 6.04. The molecule has 3 nitrogen and oxygen atoms in total. The third-order valence-corrected chi connectivity index (χ3v) is 3.85. The van der Waals surface area contributed by atoms with Gasteiger partial charge in [0.2, 0.25) is 0 Å². The Hall–Kier alpha value is -2.00. The van der Waals surface area contributed by atoms with Gasteiger partial charge in [-0.05, 0) is 37.2 Å². The highest BCUT2D eigenvalue weighted by molar-refractivity contribution is 5.41. The minimum atomic E-state index is 0.869. The van der Waals surface area contributed by atoms with E-state index < -0.39 is 0 Å². The van der Waals surface area contributed by atoms with Crippen LogP contribution in [0.15, 0.2) is 60.7 Å². The van der Waals surface area contributed by atoms with Crippen molar-refractivity contribution in [2.24, 2.45) is 5.73 Å². The van der Waals surface area contributed by atoms with Crippen LogP contribution in [0, 0.1) is 0 Å². The van der Waals surface area contributed by atoms with Gasteiger partial charge < -0.3 is 15.8 Å². The van der Waals surface area contributed by atoms with E-state index in [0.29, 0.717) is 0 Å². The Morgan fingerprint density at radius 2 is 1.27 bits per heavy atom. The van der Waals surface area contributed by atoms with Gasteiger partial charge in [0.15, 0.2) is 0 Å². The number of nitrogens with two attached hydrogens (primary N) is 1. The molecular weight excluding hydrogens is 320 g/mol. The fourth-order valence-electron chi connectivity index (χ4n) is 2.26. The molecule has 0 amide bonds. The second-order valence-electron chi connectivity index (χ2n) is 6.04. The van der Waals surface area contributed by atoms with Gasteiger partial charge in [0.05, 0.1) is 7.11 Å². The van der Waals surface area contributed by atoms with E-state index in [1.165, 1.54) is 44.9 Å². The standard InChI is InChI=1S/C9H21N.C7H9N.C7H8O/c1-2-3-4-5-6-7-8-9-10;2*1-8-7-5-3-2-4-6-7/h2-10H2,1H3;2-6,8H,1H3;2-6H,1H3. The van der Waals surface area contributed by atoms with Crippen molar-refractivity contribution in [1.29, 1.82) is 0 Å². The Labute approximate surface area is 161 Å². The van der Waals surface area contributed by atoms with Gasteiger partial charge in [-0.25, -0.2) is 0 Å². The first kappa shape index (κ1) is 24.0. The van der Waals surface area contributed by atoms with Gasteiger partial charge in [-0.1, -0.05) is 81.8 Å². The number of methoxy groups -OCH3 is 1. The first-order chi connectivity index (χ1) is 12.8. The number of hydrogen-bond acceptors (Lipinski definition) is 3. The fourth-order valence-corrected chi connectivity index (χ4v) is 2.26. The van der Waals surface area contributed by atoms with E-state index in [4.69, 9.17) is 10.5 Å². The van der Waals surface area contributed by atoms with Gasteiger partial charge >= 0.3 is 0 Å². The number of rotatable bonds is 9. The number of benzene rings is 2. The summed E-state index contributed by atoms with van der Waals surface area (Å²) in [5, 5.41) is 3.03. The number of ether oxygens (including phenoxy) is 1. The topological polar surface area (TPSA) is 47.3 Å². The maximum Gasteiger partial charge on any atom is 0.118 e. The zero-order valence-electron chi connectivity index (χ0n) is 16.9. The van der Waals surface area contributed by atoms with Gasteiger partial charge in [-0.15, -0.1) is 0 Å². The molecule has 0 atom stereocenters. The molecule has 146 valence electrons.